The fourth-order valence-corrected chi connectivity index (χ4v) is 4.71. The number of hydrogen-bond donors (Lipinski definition) is 1. The number of ether oxygens (including phenoxy) is 2. The van der Waals surface area contributed by atoms with Crippen LogP contribution in [0.25, 0.3) is 0 Å². The molecular formula is C18H17F2N3O5S. The maximum atomic E-state index is 13.1. The number of rotatable bonds is 4. The molecule has 1 fully saturated rings. The quantitative estimate of drug-likeness (QED) is 0.808. The second-order valence-electron chi connectivity index (χ2n) is 6.69. The van der Waals surface area contributed by atoms with Crippen molar-refractivity contribution in [2.24, 2.45) is 5.92 Å². The van der Waals surface area contributed by atoms with Crippen molar-refractivity contribution < 1.29 is 31.5 Å². The summed E-state index contributed by atoms with van der Waals surface area (Å²) in [5.41, 5.74) is 0.292. The number of nitrogens with one attached hydrogen (secondary N) is 1. The van der Waals surface area contributed by atoms with E-state index >= 15 is 0 Å². The summed E-state index contributed by atoms with van der Waals surface area (Å²) in [7, 11) is -3.65. The lowest BCUT2D eigenvalue weighted by molar-refractivity contribution is -0.286. The number of aromatic nitrogens is 1. The fraction of sp³-hybridized carbons (Fsp3) is 0.333. The van der Waals surface area contributed by atoms with E-state index in [9.17, 15) is 22.0 Å². The first kappa shape index (κ1) is 19.5. The van der Waals surface area contributed by atoms with Gasteiger partial charge in [0, 0.05) is 43.2 Å². The Morgan fingerprint density at radius 1 is 1.17 bits per heavy atom. The van der Waals surface area contributed by atoms with E-state index < -0.39 is 22.2 Å². The highest BCUT2D eigenvalue weighted by Crippen LogP contribution is 2.42. The number of carbonyl (C=O) groups excluding carboxylic acids is 1. The first-order chi connectivity index (χ1) is 13.7. The van der Waals surface area contributed by atoms with Crippen molar-refractivity contribution in [1.29, 1.82) is 0 Å². The summed E-state index contributed by atoms with van der Waals surface area (Å²) in [5.74, 6) is -0.983. The molecule has 0 atom stereocenters. The molecule has 0 bridgehead atoms. The molecule has 0 aliphatic carbocycles. The number of hydrogen-bond acceptors (Lipinski definition) is 6. The molecule has 1 amide bonds. The number of nitrogens with zero attached hydrogens (tertiary/aromatic N) is 2. The van der Waals surface area contributed by atoms with Crippen LogP contribution in [0.1, 0.15) is 12.8 Å². The third kappa shape index (κ3) is 4.01. The zero-order valence-electron chi connectivity index (χ0n) is 15.0. The zero-order chi connectivity index (χ0) is 20.6. The Morgan fingerprint density at radius 3 is 2.59 bits per heavy atom. The van der Waals surface area contributed by atoms with Crippen LogP contribution in [-0.2, 0) is 14.8 Å². The molecule has 11 heteroatoms. The molecule has 0 radical (unpaired) electrons. The first-order valence-corrected chi connectivity index (χ1v) is 10.3. The molecule has 0 unspecified atom stereocenters. The molecule has 29 heavy (non-hydrogen) atoms. The molecule has 3 heterocycles. The van der Waals surface area contributed by atoms with Gasteiger partial charge in [0.25, 0.3) is 0 Å². The van der Waals surface area contributed by atoms with Crippen molar-refractivity contribution in [3.63, 3.8) is 0 Å². The summed E-state index contributed by atoms with van der Waals surface area (Å²) >= 11 is 0. The molecule has 0 spiro atoms. The molecule has 0 saturated carbocycles. The van der Waals surface area contributed by atoms with Gasteiger partial charge in [0.2, 0.25) is 15.9 Å². The highest BCUT2D eigenvalue weighted by Gasteiger charge is 2.43. The summed E-state index contributed by atoms with van der Waals surface area (Å²) in [6.45, 7) is 0.394. The molecule has 154 valence electrons. The number of benzene rings is 1. The number of piperidine rings is 1. The van der Waals surface area contributed by atoms with Crippen molar-refractivity contribution in [3.05, 3.63) is 42.7 Å². The Bertz CT molecular complexity index is 1030. The number of alkyl halides is 2. The minimum Gasteiger partial charge on any atom is -0.395 e. The minimum absolute atomic E-state index is 0.109. The summed E-state index contributed by atoms with van der Waals surface area (Å²) < 4.78 is 61.4. The Labute approximate surface area is 165 Å². The molecule has 8 nitrogen and oxygen atoms in total. The van der Waals surface area contributed by atoms with E-state index in [-0.39, 0.29) is 35.4 Å². The molecule has 1 saturated heterocycles. The van der Waals surface area contributed by atoms with Crippen LogP contribution in [0.2, 0.25) is 0 Å². The Morgan fingerprint density at radius 2 is 1.90 bits per heavy atom. The van der Waals surface area contributed by atoms with Crippen LogP contribution in [-0.4, -0.2) is 43.0 Å². The zero-order valence-corrected chi connectivity index (χ0v) is 15.9. The van der Waals surface area contributed by atoms with Gasteiger partial charge in [0.1, 0.15) is 4.90 Å². The van der Waals surface area contributed by atoms with E-state index in [2.05, 4.69) is 19.8 Å². The number of carbonyl (C=O) groups is 1. The first-order valence-electron chi connectivity index (χ1n) is 8.85. The Hall–Kier alpha value is -2.79. The SMILES string of the molecule is O=C(Nc1ccc2c(c1)OC(F)(F)O2)C1CCN(S(=O)(=O)c2cccnc2)CC1. The molecular weight excluding hydrogens is 408 g/mol. The lowest BCUT2D eigenvalue weighted by Crippen LogP contribution is -2.41. The van der Waals surface area contributed by atoms with E-state index in [0.717, 1.165) is 0 Å². The number of sulfonamides is 1. The molecule has 1 aromatic heterocycles. The molecule has 2 aliphatic rings. The van der Waals surface area contributed by atoms with Crippen LogP contribution < -0.4 is 14.8 Å². The predicted molar refractivity (Wildman–Crippen MR) is 97.0 cm³/mol. The summed E-state index contributed by atoms with van der Waals surface area (Å²) in [4.78, 5) is 16.5. The van der Waals surface area contributed by atoms with Crippen molar-refractivity contribution in [1.82, 2.24) is 9.29 Å². The summed E-state index contributed by atoms with van der Waals surface area (Å²) in [6, 6.07) is 7.01. The third-order valence-corrected chi connectivity index (χ3v) is 6.65. The van der Waals surface area contributed by atoms with Gasteiger partial charge < -0.3 is 14.8 Å². The monoisotopic (exact) mass is 425 g/mol. The molecule has 1 N–H and O–H groups in total. The second kappa shape index (κ2) is 7.23. The van der Waals surface area contributed by atoms with Crippen LogP contribution in [0.15, 0.2) is 47.6 Å². The van der Waals surface area contributed by atoms with E-state index in [4.69, 9.17) is 0 Å². The van der Waals surface area contributed by atoms with Crippen molar-refractivity contribution >= 4 is 21.6 Å². The van der Waals surface area contributed by atoms with Crippen LogP contribution in [0, 0.1) is 5.92 Å². The van der Waals surface area contributed by atoms with E-state index in [1.165, 1.54) is 41.0 Å². The van der Waals surface area contributed by atoms with Crippen molar-refractivity contribution in [2.45, 2.75) is 24.0 Å². The lowest BCUT2D eigenvalue weighted by atomic mass is 9.97. The van der Waals surface area contributed by atoms with Gasteiger partial charge in [-0.25, -0.2) is 8.42 Å². The minimum atomic E-state index is -3.72. The van der Waals surface area contributed by atoms with Gasteiger partial charge in [0.05, 0.1) is 0 Å². The predicted octanol–water partition coefficient (Wildman–Crippen LogP) is 2.44. The third-order valence-electron chi connectivity index (χ3n) is 4.77. The maximum Gasteiger partial charge on any atom is 0.586 e. The van der Waals surface area contributed by atoms with Gasteiger partial charge >= 0.3 is 6.29 Å². The Kier molecular flexibility index (Phi) is 4.87. The van der Waals surface area contributed by atoms with Crippen LogP contribution >= 0.6 is 0 Å². The van der Waals surface area contributed by atoms with Gasteiger partial charge in [-0.2, -0.15) is 4.31 Å². The van der Waals surface area contributed by atoms with E-state index in [1.54, 1.807) is 6.07 Å². The van der Waals surface area contributed by atoms with Gasteiger partial charge in [-0.05, 0) is 37.1 Å². The highest BCUT2D eigenvalue weighted by atomic mass is 32.2. The van der Waals surface area contributed by atoms with E-state index in [1.807, 2.05) is 0 Å². The van der Waals surface area contributed by atoms with Gasteiger partial charge in [-0.15, -0.1) is 8.78 Å². The largest absolute Gasteiger partial charge is 0.586 e. The average Bonchev–Trinajstić information content (AvgIpc) is 3.02. The number of pyridine rings is 1. The van der Waals surface area contributed by atoms with Gasteiger partial charge in [-0.1, -0.05) is 0 Å². The van der Waals surface area contributed by atoms with Crippen molar-refractivity contribution in [3.8, 4) is 11.5 Å². The van der Waals surface area contributed by atoms with Gasteiger partial charge in [0.15, 0.2) is 11.5 Å². The topological polar surface area (TPSA) is 97.8 Å². The number of halogens is 2. The lowest BCUT2D eigenvalue weighted by Gasteiger charge is -2.30. The van der Waals surface area contributed by atoms with Crippen LogP contribution in [0.5, 0.6) is 11.5 Å². The second-order valence-corrected chi connectivity index (χ2v) is 8.62. The van der Waals surface area contributed by atoms with Crippen LogP contribution in [0.3, 0.4) is 0 Å². The van der Waals surface area contributed by atoms with Crippen LogP contribution in [0.4, 0.5) is 14.5 Å². The molecule has 2 aliphatic heterocycles. The maximum absolute atomic E-state index is 13.1. The number of anilines is 1. The molecule has 4 rings (SSSR count). The smallest absolute Gasteiger partial charge is 0.395 e. The molecule has 2 aromatic rings. The normalized spacial score (nSPS) is 19.1. The number of fused-ring (bicyclic) bond motifs is 1. The van der Waals surface area contributed by atoms with E-state index in [0.29, 0.717) is 18.5 Å². The fourth-order valence-electron chi connectivity index (χ4n) is 3.28. The van der Waals surface area contributed by atoms with Crippen molar-refractivity contribution in [2.75, 3.05) is 18.4 Å². The molecule has 1 aromatic carbocycles. The summed E-state index contributed by atoms with van der Waals surface area (Å²) in [5, 5.41) is 2.66. The Balaban J connectivity index is 1.37. The average molecular weight is 425 g/mol. The van der Waals surface area contributed by atoms with Gasteiger partial charge in [-0.3, -0.25) is 9.78 Å². The number of amides is 1. The highest BCUT2D eigenvalue weighted by molar-refractivity contribution is 7.89. The standard InChI is InChI=1S/C18H17F2N3O5S/c19-18(20)27-15-4-3-13(10-16(15)28-18)22-17(24)12-5-8-23(9-6-12)29(25,26)14-2-1-7-21-11-14/h1-4,7,10-12H,5-6,8-9H2,(H,22,24). The summed E-state index contributed by atoms with van der Waals surface area (Å²) in [6.07, 6.45) is -0.260.